The van der Waals surface area contributed by atoms with E-state index in [1.165, 1.54) is 17.0 Å². The SMILES string of the molecule is CCCNC(=O)N(CC(=O)N1CCc2sccc2[C@@H]1COc1ccc(F)cc1)CC(C)C. The van der Waals surface area contributed by atoms with Crippen LogP contribution < -0.4 is 10.1 Å². The lowest BCUT2D eigenvalue weighted by Gasteiger charge is -2.37. The van der Waals surface area contributed by atoms with E-state index in [-0.39, 0.29) is 42.9 Å². The van der Waals surface area contributed by atoms with Crippen molar-refractivity contribution in [3.05, 3.63) is 52.0 Å². The van der Waals surface area contributed by atoms with Crippen molar-refractivity contribution in [2.75, 3.05) is 32.8 Å². The molecule has 0 radical (unpaired) electrons. The number of carbonyl (C=O) groups excluding carboxylic acids is 2. The van der Waals surface area contributed by atoms with Crippen molar-refractivity contribution in [2.45, 2.75) is 39.7 Å². The standard InChI is InChI=1S/C24H32FN3O3S/c1-4-11-26-24(30)27(14-17(2)3)15-23(29)28-12-9-22-20(10-13-32-22)21(28)16-31-19-7-5-18(25)6-8-19/h5-8,10,13,17,21H,4,9,11-12,14-16H2,1-3H3,(H,26,30)/t21-/m0/s1. The predicted octanol–water partition coefficient (Wildman–Crippen LogP) is 4.47. The van der Waals surface area contributed by atoms with E-state index in [9.17, 15) is 14.0 Å². The third kappa shape index (κ3) is 6.22. The van der Waals surface area contributed by atoms with E-state index in [0.717, 1.165) is 18.4 Å². The van der Waals surface area contributed by atoms with Crippen LogP contribution in [0.25, 0.3) is 0 Å². The van der Waals surface area contributed by atoms with Crippen molar-refractivity contribution in [1.82, 2.24) is 15.1 Å². The van der Waals surface area contributed by atoms with Gasteiger partial charge in [-0.05, 0) is 60.0 Å². The highest BCUT2D eigenvalue weighted by Crippen LogP contribution is 2.34. The summed E-state index contributed by atoms with van der Waals surface area (Å²) >= 11 is 1.69. The predicted molar refractivity (Wildman–Crippen MR) is 124 cm³/mol. The molecule has 3 amide bonds. The van der Waals surface area contributed by atoms with E-state index in [1.54, 1.807) is 28.4 Å². The Morgan fingerprint density at radius 1 is 1.28 bits per heavy atom. The van der Waals surface area contributed by atoms with Gasteiger partial charge in [-0.1, -0.05) is 20.8 Å². The number of hydrogen-bond donors (Lipinski definition) is 1. The summed E-state index contributed by atoms with van der Waals surface area (Å²) in [6.07, 6.45) is 1.63. The Kier molecular flexibility index (Phi) is 8.50. The van der Waals surface area contributed by atoms with Gasteiger partial charge in [0.1, 0.15) is 24.7 Å². The van der Waals surface area contributed by atoms with E-state index in [1.807, 2.05) is 37.1 Å². The molecule has 1 atom stereocenters. The number of urea groups is 1. The van der Waals surface area contributed by atoms with Crippen LogP contribution in [0.4, 0.5) is 9.18 Å². The Labute approximate surface area is 193 Å². The van der Waals surface area contributed by atoms with Crippen LogP contribution in [-0.2, 0) is 11.2 Å². The summed E-state index contributed by atoms with van der Waals surface area (Å²) in [5.74, 6) is 0.388. The van der Waals surface area contributed by atoms with Crippen LogP contribution in [0.1, 0.15) is 43.7 Å². The van der Waals surface area contributed by atoms with Gasteiger partial charge >= 0.3 is 6.03 Å². The normalized spacial score (nSPS) is 15.4. The summed E-state index contributed by atoms with van der Waals surface area (Å²) in [7, 11) is 0. The number of thiophene rings is 1. The lowest BCUT2D eigenvalue weighted by atomic mass is 10.0. The van der Waals surface area contributed by atoms with E-state index in [0.29, 0.717) is 25.4 Å². The van der Waals surface area contributed by atoms with E-state index in [2.05, 4.69) is 5.32 Å². The fraction of sp³-hybridized carbons (Fsp3) is 0.500. The molecule has 2 aromatic rings. The van der Waals surface area contributed by atoms with Gasteiger partial charge < -0.3 is 19.9 Å². The second kappa shape index (κ2) is 11.3. The highest BCUT2D eigenvalue weighted by molar-refractivity contribution is 7.10. The minimum absolute atomic E-state index is 0.0280. The molecule has 0 saturated carbocycles. The number of amides is 3. The number of rotatable bonds is 9. The average molecular weight is 462 g/mol. The van der Waals surface area contributed by atoms with Crippen LogP contribution in [0.2, 0.25) is 0 Å². The van der Waals surface area contributed by atoms with Crippen LogP contribution in [-0.4, -0.2) is 54.5 Å². The number of benzene rings is 1. The molecule has 1 aliphatic heterocycles. The zero-order chi connectivity index (χ0) is 23.1. The summed E-state index contributed by atoms with van der Waals surface area (Å²) in [6.45, 7) is 8.03. The molecule has 0 aliphatic carbocycles. The van der Waals surface area contributed by atoms with Crippen LogP contribution in [0.15, 0.2) is 35.7 Å². The van der Waals surface area contributed by atoms with Crippen LogP contribution in [0.3, 0.4) is 0 Å². The molecular formula is C24H32FN3O3S. The summed E-state index contributed by atoms with van der Waals surface area (Å²) in [5.41, 5.74) is 1.09. The topological polar surface area (TPSA) is 61.9 Å². The first-order valence-corrected chi connectivity index (χ1v) is 12.0. The molecule has 0 fully saturated rings. The van der Waals surface area contributed by atoms with E-state index < -0.39 is 0 Å². The van der Waals surface area contributed by atoms with Crippen molar-refractivity contribution < 1.29 is 18.7 Å². The highest BCUT2D eigenvalue weighted by Gasteiger charge is 2.33. The van der Waals surface area contributed by atoms with Crippen molar-refractivity contribution in [3.8, 4) is 5.75 Å². The van der Waals surface area contributed by atoms with Gasteiger partial charge in [-0.25, -0.2) is 9.18 Å². The molecule has 0 spiro atoms. The Balaban J connectivity index is 1.74. The zero-order valence-corrected chi connectivity index (χ0v) is 19.8. The maximum absolute atomic E-state index is 13.4. The fourth-order valence-electron chi connectivity index (χ4n) is 3.84. The second-order valence-corrected chi connectivity index (χ2v) is 9.42. The fourth-order valence-corrected chi connectivity index (χ4v) is 4.77. The molecule has 32 heavy (non-hydrogen) atoms. The molecule has 6 nitrogen and oxygen atoms in total. The number of nitrogens with zero attached hydrogens (tertiary/aromatic N) is 2. The van der Waals surface area contributed by atoms with Gasteiger partial charge in [-0.15, -0.1) is 11.3 Å². The first kappa shape index (κ1) is 24.0. The first-order chi connectivity index (χ1) is 15.4. The summed E-state index contributed by atoms with van der Waals surface area (Å²) in [5, 5.41) is 4.92. The van der Waals surface area contributed by atoms with Gasteiger partial charge in [0.2, 0.25) is 5.91 Å². The Morgan fingerprint density at radius 2 is 2.03 bits per heavy atom. The van der Waals surface area contributed by atoms with Crippen LogP contribution in [0.5, 0.6) is 5.75 Å². The highest BCUT2D eigenvalue weighted by atomic mass is 32.1. The van der Waals surface area contributed by atoms with Gasteiger partial charge in [0.25, 0.3) is 0 Å². The molecule has 1 aromatic carbocycles. The minimum Gasteiger partial charge on any atom is -0.491 e. The molecular weight excluding hydrogens is 429 g/mol. The Morgan fingerprint density at radius 3 is 2.72 bits per heavy atom. The third-order valence-corrected chi connectivity index (χ3v) is 6.36. The van der Waals surface area contributed by atoms with E-state index in [4.69, 9.17) is 4.74 Å². The van der Waals surface area contributed by atoms with Gasteiger partial charge in [0.15, 0.2) is 0 Å². The lowest BCUT2D eigenvalue weighted by Crippen LogP contribution is -2.50. The number of fused-ring (bicyclic) bond motifs is 1. The molecule has 2 heterocycles. The smallest absolute Gasteiger partial charge is 0.317 e. The molecule has 1 aromatic heterocycles. The Hall–Kier alpha value is -2.61. The molecule has 0 unspecified atom stereocenters. The first-order valence-electron chi connectivity index (χ1n) is 11.2. The molecule has 8 heteroatoms. The summed E-state index contributed by atoms with van der Waals surface area (Å²) in [6, 6.07) is 7.46. The van der Waals surface area contributed by atoms with Crippen molar-refractivity contribution >= 4 is 23.3 Å². The van der Waals surface area contributed by atoms with Gasteiger partial charge in [-0.3, -0.25) is 4.79 Å². The second-order valence-electron chi connectivity index (χ2n) is 8.42. The molecule has 1 N–H and O–H groups in total. The summed E-state index contributed by atoms with van der Waals surface area (Å²) in [4.78, 5) is 30.7. The van der Waals surface area contributed by atoms with Crippen LogP contribution in [0, 0.1) is 11.7 Å². The number of carbonyl (C=O) groups is 2. The maximum Gasteiger partial charge on any atom is 0.317 e. The molecule has 0 bridgehead atoms. The molecule has 1 aliphatic rings. The monoisotopic (exact) mass is 461 g/mol. The average Bonchev–Trinajstić information content (AvgIpc) is 3.25. The maximum atomic E-state index is 13.4. The molecule has 174 valence electrons. The van der Waals surface area contributed by atoms with Gasteiger partial charge in [0, 0.05) is 24.5 Å². The number of nitrogens with one attached hydrogen (secondary N) is 1. The number of halogens is 1. The van der Waals surface area contributed by atoms with Crippen molar-refractivity contribution in [3.63, 3.8) is 0 Å². The van der Waals surface area contributed by atoms with Crippen LogP contribution >= 0.6 is 11.3 Å². The molecule has 3 rings (SSSR count). The van der Waals surface area contributed by atoms with Gasteiger partial charge in [0.05, 0.1) is 6.04 Å². The van der Waals surface area contributed by atoms with Gasteiger partial charge in [-0.2, -0.15) is 0 Å². The van der Waals surface area contributed by atoms with Crippen molar-refractivity contribution in [1.29, 1.82) is 0 Å². The largest absolute Gasteiger partial charge is 0.491 e. The minimum atomic E-state index is -0.321. The number of ether oxygens (including phenoxy) is 1. The van der Waals surface area contributed by atoms with E-state index >= 15 is 0 Å². The van der Waals surface area contributed by atoms with Crippen molar-refractivity contribution in [2.24, 2.45) is 5.92 Å². The Bertz CT molecular complexity index is 900. The number of hydrogen-bond acceptors (Lipinski definition) is 4. The quantitative estimate of drug-likeness (QED) is 0.599. The summed E-state index contributed by atoms with van der Waals surface area (Å²) < 4.78 is 19.1. The third-order valence-electron chi connectivity index (χ3n) is 5.36. The molecule has 0 saturated heterocycles. The zero-order valence-electron chi connectivity index (χ0n) is 19.0. The lowest BCUT2D eigenvalue weighted by molar-refractivity contribution is -0.135.